The molecule has 2 unspecified atom stereocenters. The van der Waals surface area contributed by atoms with Crippen LogP contribution in [0.2, 0.25) is 0 Å². The number of likely N-dealkylation sites (tertiary alicyclic amines) is 1. The molecule has 16 heavy (non-hydrogen) atoms. The summed E-state index contributed by atoms with van der Waals surface area (Å²) in [4.78, 5) is 14.6. The zero-order valence-corrected chi connectivity index (χ0v) is 10.3. The molecule has 1 aliphatic rings. The normalized spacial score (nSPS) is 25.8. The van der Waals surface area contributed by atoms with E-state index in [0.717, 1.165) is 24.5 Å². The van der Waals surface area contributed by atoms with Gasteiger partial charge < -0.3 is 10.6 Å². The first-order valence-electron chi connectivity index (χ1n) is 5.41. The summed E-state index contributed by atoms with van der Waals surface area (Å²) in [6, 6.07) is 0.0916. The van der Waals surface area contributed by atoms with E-state index in [0.29, 0.717) is 23.0 Å². The van der Waals surface area contributed by atoms with Gasteiger partial charge in [-0.2, -0.15) is 0 Å². The number of nitrogens with two attached hydrogens (primary N) is 1. The first-order valence-corrected chi connectivity index (χ1v) is 6.19. The maximum Gasteiger partial charge on any atom is 0.267 e. The standard InChI is InChI=1S/C10H16N4OS/c1-6-3-8(11)5-14(4-6)10(15)9-7(2)12-13-16-9/h6,8H,3-5,11H2,1-2H3. The Morgan fingerprint density at radius 2 is 2.31 bits per heavy atom. The summed E-state index contributed by atoms with van der Waals surface area (Å²) in [5.41, 5.74) is 6.63. The van der Waals surface area contributed by atoms with Crippen LogP contribution in [0.15, 0.2) is 0 Å². The van der Waals surface area contributed by atoms with E-state index in [1.54, 1.807) is 0 Å². The molecule has 2 rings (SSSR count). The molecule has 2 heterocycles. The predicted molar refractivity (Wildman–Crippen MR) is 62.3 cm³/mol. The first kappa shape index (κ1) is 11.5. The zero-order chi connectivity index (χ0) is 11.7. The Morgan fingerprint density at radius 1 is 1.56 bits per heavy atom. The van der Waals surface area contributed by atoms with Gasteiger partial charge in [-0.05, 0) is 30.8 Å². The number of piperidine rings is 1. The molecule has 1 aliphatic heterocycles. The van der Waals surface area contributed by atoms with Gasteiger partial charge in [0.1, 0.15) is 4.88 Å². The maximum atomic E-state index is 12.2. The third-order valence-electron chi connectivity index (χ3n) is 2.83. The SMILES string of the molecule is Cc1nnsc1C(=O)N1CC(C)CC(N)C1. The van der Waals surface area contributed by atoms with Crippen molar-refractivity contribution in [1.29, 1.82) is 0 Å². The van der Waals surface area contributed by atoms with Crippen molar-refractivity contribution in [3.05, 3.63) is 10.6 Å². The van der Waals surface area contributed by atoms with Crippen LogP contribution >= 0.6 is 11.5 Å². The van der Waals surface area contributed by atoms with Gasteiger partial charge in [0.15, 0.2) is 0 Å². The van der Waals surface area contributed by atoms with E-state index in [1.165, 1.54) is 0 Å². The summed E-state index contributed by atoms with van der Waals surface area (Å²) >= 11 is 1.16. The minimum Gasteiger partial charge on any atom is -0.336 e. The molecule has 5 nitrogen and oxygen atoms in total. The highest BCUT2D eigenvalue weighted by atomic mass is 32.1. The van der Waals surface area contributed by atoms with Crippen molar-refractivity contribution in [3.8, 4) is 0 Å². The molecular weight excluding hydrogens is 224 g/mol. The van der Waals surface area contributed by atoms with Crippen LogP contribution in [0, 0.1) is 12.8 Å². The highest BCUT2D eigenvalue weighted by Crippen LogP contribution is 2.19. The van der Waals surface area contributed by atoms with Gasteiger partial charge in [-0.25, -0.2) is 0 Å². The smallest absolute Gasteiger partial charge is 0.267 e. The Labute approximate surface area is 98.8 Å². The van der Waals surface area contributed by atoms with Crippen LogP contribution < -0.4 is 5.73 Å². The summed E-state index contributed by atoms with van der Waals surface area (Å²) in [6.45, 7) is 5.35. The quantitative estimate of drug-likeness (QED) is 0.782. The Bertz CT molecular complexity index is 382. The van der Waals surface area contributed by atoms with Crippen LogP contribution in [-0.4, -0.2) is 39.5 Å². The predicted octanol–water partition coefficient (Wildman–Crippen LogP) is 0.656. The molecule has 0 saturated carbocycles. The molecule has 0 bridgehead atoms. The van der Waals surface area contributed by atoms with Crippen LogP contribution in [0.25, 0.3) is 0 Å². The van der Waals surface area contributed by atoms with Crippen LogP contribution in [0.5, 0.6) is 0 Å². The fourth-order valence-corrected chi connectivity index (χ4v) is 2.76. The largest absolute Gasteiger partial charge is 0.336 e. The summed E-state index contributed by atoms with van der Waals surface area (Å²) in [5, 5.41) is 3.86. The lowest BCUT2D eigenvalue weighted by Crippen LogP contribution is -2.48. The lowest BCUT2D eigenvalue weighted by atomic mass is 9.96. The van der Waals surface area contributed by atoms with Gasteiger partial charge in [-0.3, -0.25) is 4.79 Å². The molecule has 1 saturated heterocycles. The second-order valence-electron chi connectivity index (χ2n) is 4.50. The monoisotopic (exact) mass is 240 g/mol. The van der Waals surface area contributed by atoms with Crippen molar-refractivity contribution in [2.24, 2.45) is 11.7 Å². The average molecular weight is 240 g/mol. The Hall–Kier alpha value is -1.01. The number of aromatic nitrogens is 2. The summed E-state index contributed by atoms with van der Waals surface area (Å²) in [7, 11) is 0. The highest BCUT2D eigenvalue weighted by Gasteiger charge is 2.28. The van der Waals surface area contributed by atoms with Gasteiger partial charge in [-0.1, -0.05) is 11.4 Å². The van der Waals surface area contributed by atoms with Gasteiger partial charge in [0, 0.05) is 19.1 Å². The van der Waals surface area contributed by atoms with Crippen LogP contribution in [-0.2, 0) is 0 Å². The van der Waals surface area contributed by atoms with E-state index >= 15 is 0 Å². The van der Waals surface area contributed by atoms with Crippen molar-refractivity contribution in [2.75, 3.05) is 13.1 Å². The molecule has 2 N–H and O–H groups in total. The number of aryl methyl sites for hydroxylation is 1. The Morgan fingerprint density at radius 3 is 2.88 bits per heavy atom. The van der Waals surface area contributed by atoms with E-state index in [9.17, 15) is 4.79 Å². The molecule has 1 aromatic heterocycles. The fourth-order valence-electron chi connectivity index (χ4n) is 2.14. The van der Waals surface area contributed by atoms with Crippen molar-refractivity contribution < 1.29 is 4.79 Å². The van der Waals surface area contributed by atoms with Gasteiger partial charge >= 0.3 is 0 Å². The van der Waals surface area contributed by atoms with E-state index in [-0.39, 0.29) is 11.9 Å². The third kappa shape index (κ3) is 2.22. The fraction of sp³-hybridized carbons (Fsp3) is 0.700. The second kappa shape index (κ2) is 4.47. The molecule has 6 heteroatoms. The van der Waals surface area contributed by atoms with E-state index < -0.39 is 0 Å². The van der Waals surface area contributed by atoms with Crippen molar-refractivity contribution >= 4 is 17.4 Å². The lowest BCUT2D eigenvalue weighted by molar-refractivity contribution is 0.0665. The van der Waals surface area contributed by atoms with Crippen LogP contribution in [0.4, 0.5) is 0 Å². The van der Waals surface area contributed by atoms with Crippen molar-refractivity contribution in [2.45, 2.75) is 26.3 Å². The topological polar surface area (TPSA) is 72.1 Å². The molecule has 88 valence electrons. The minimum absolute atomic E-state index is 0.0227. The highest BCUT2D eigenvalue weighted by molar-refractivity contribution is 7.07. The molecular formula is C10H16N4OS. The first-order chi connectivity index (χ1) is 7.58. The number of rotatable bonds is 1. The molecule has 1 aromatic rings. The zero-order valence-electron chi connectivity index (χ0n) is 9.51. The molecule has 0 spiro atoms. The number of carbonyl (C=O) groups excluding carboxylic acids is 1. The number of hydrogen-bond donors (Lipinski definition) is 1. The molecule has 0 aliphatic carbocycles. The third-order valence-corrected chi connectivity index (χ3v) is 3.64. The van der Waals surface area contributed by atoms with Gasteiger partial charge in [0.05, 0.1) is 5.69 Å². The van der Waals surface area contributed by atoms with Crippen molar-refractivity contribution in [1.82, 2.24) is 14.5 Å². The maximum absolute atomic E-state index is 12.2. The van der Waals surface area contributed by atoms with Crippen molar-refractivity contribution in [3.63, 3.8) is 0 Å². The number of carbonyl (C=O) groups is 1. The van der Waals surface area contributed by atoms with Crippen LogP contribution in [0.3, 0.4) is 0 Å². The number of hydrogen-bond acceptors (Lipinski definition) is 5. The molecule has 1 fully saturated rings. The van der Waals surface area contributed by atoms with Gasteiger partial charge in [0.2, 0.25) is 0 Å². The molecule has 0 aromatic carbocycles. The summed E-state index contributed by atoms with van der Waals surface area (Å²) in [6.07, 6.45) is 0.990. The molecule has 1 amide bonds. The van der Waals surface area contributed by atoms with Crippen LogP contribution in [0.1, 0.15) is 28.7 Å². The second-order valence-corrected chi connectivity index (χ2v) is 5.25. The Balaban J connectivity index is 2.13. The molecule has 2 atom stereocenters. The Kier molecular flexibility index (Phi) is 3.20. The number of amides is 1. The van der Waals surface area contributed by atoms with Gasteiger partial charge in [-0.15, -0.1) is 5.10 Å². The number of nitrogens with zero attached hydrogens (tertiary/aromatic N) is 3. The van der Waals surface area contributed by atoms with Gasteiger partial charge in [0.25, 0.3) is 5.91 Å². The van der Waals surface area contributed by atoms with E-state index in [4.69, 9.17) is 5.73 Å². The summed E-state index contributed by atoms with van der Waals surface area (Å²) < 4.78 is 3.79. The minimum atomic E-state index is 0.0227. The lowest BCUT2D eigenvalue weighted by Gasteiger charge is -2.34. The van der Waals surface area contributed by atoms with E-state index in [1.807, 2.05) is 11.8 Å². The average Bonchev–Trinajstić information content (AvgIpc) is 2.62. The molecule has 0 radical (unpaired) electrons. The summed E-state index contributed by atoms with van der Waals surface area (Å²) in [5.74, 6) is 0.489. The van der Waals surface area contributed by atoms with E-state index in [2.05, 4.69) is 16.5 Å².